The highest BCUT2D eigenvalue weighted by molar-refractivity contribution is 6.05. The Morgan fingerprint density at radius 2 is 1.78 bits per heavy atom. The van der Waals surface area contributed by atoms with Gasteiger partial charge in [0.2, 0.25) is 11.8 Å². The Hall–Kier alpha value is -4.04. The van der Waals surface area contributed by atoms with E-state index in [9.17, 15) is 14.4 Å². The second-order valence-corrected chi connectivity index (χ2v) is 9.51. The van der Waals surface area contributed by atoms with E-state index >= 15 is 0 Å². The molecule has 0 radical (unpaired) electrons. The van der Waals surface area contributed by atoms with E-state index < -0.39 is 11.9 Å². The van der Waals surface area contributed by atoms with Gasteiger partial charge in [-0.25, -0.2) is 0 Å². The zero-order chi connectivity index (χ0) is 24.6. The topological polar surface area (TPSA) is 91.8 Å². The van der Waals surface area contributed by atoms with Crippen LogP contribution in [0, 0.1) is 0 Å². The molecule has 6 rings (SSSR count). The quantitative estimate of drug-likeness (QED) is 0.544. The van der Waals surface area contributed by atoms with Crippen molar-refractivity contribution in [2.75, 3.05) is 13.1 Å². The van der Waals surface area contributed by atoms with Crippen LogP contribution >= 0.6 is 0 Å². The molecule has 36 heavy (non-hydrogen) atoms. The minimum Gasteiger partial charge on any atom is -0.488 e. The number of hydrogen-bond donors (Lipinski definition) is 1. The molecule has 1 aromatic heterocycles. The molecule has 0 aliphatic carbocycles. The number of hydrogen-bond acceptors (Lipinski definition) is 6. The van der Waals surface area contributed by atoms with Crippen molar-refractivity contribution in [2.45, 2.75) is 37.6 Å². The Kier molecular flexibility index (Phi) is 5.73. The number of imide groups is 1. The first-order valence-electron chi connectivity index (χ1n) is 12.2. The lowest BCUT2D eigenvalue weighted by Crippen LogP contribution is -2.55. The predicted molar refractivity (Wildman–Crippen MR) is 131 cm³/mol. The number of fused-ring (bicyclic) bond motifs is 1. The van der Waals surface area contributed by atoms with E-state index in [0.29, 0.717) is 24.3 Å². The molecule has 2 aromatic carbocycles. The third-order valence-corrected chi connectivity index (χ3v) is 7.15. The summed E-state index contributed by atoms with van der Waals surface area (Å²) < 4.78 is 6.27. The predicted octanol–water partition coefficient (Wildman–Crippen LogP) is 2.70. The van der Waals surface area contributed by atoms with E-state index in [1.807, 2.05) is 30.5 Å². The van der Waals surface area contributed by atoms with Gasteiger partial charge in [0.25, 0.3) is 5.91 Å². The Balaban J connectivity index is 1.12. The van der Waals surface area contributed by atoms with Gasteiger partial charge in [-0.15, -0.1) is 0 Å². The molecule has 0 bridgehead atoms. The van der Waals surface area contributed by atoms with Gasteiger partial charge in [0, 0.05) is 44.0 Å². The lowest BCUT2D eigenvalue weighted by Gasteiger charge is -2.44. The van der Waals surface area contributed by atoms with Gasteiger partial charge >= 0.3 is 0 Å². The van der Waals surface area contributed by atoms with Gasteiger partial charge < -0.3 is 9.64 Å². The van der Waals surface area contributed by atoms with E-state index in [1.165, 1.54) is 5.56 Å². The van der Waals surface area contributed by atoms with Crippen molar-refractivity contribution in [2.24, 2.45) is 0 Å². The Bertz CT molecular complexity index is 1270. The fourth-order valence-corrected chi connectivity index (χ4v) is 5.36. The Morgan fingerprint density at radius 1 is 0.972 bits per heavy atom. The average Bonchev–Trinajstić information content (AvgIpc) is 3.19. The number of carbonyl (C=O) groups is 3. The molecule has 8 nitrogen and oxygen atoms in total. The second-order valence-electron chi connectivity index (χ2n) is 9.51. The Labute approximate surface area is 208 Å². The minimum absolute atomic E-state index is 0.0364. The highest BCUT2D eigenvalue weighted by Crippen LogP contribution is 2.35. The Morgan fingerprint density at radius 3 is 2.53 bits per heavy atom. The largest absolute Gasteiger partial charge is 0.488 e. The zero-order valence-corrected chi connectivity index (χ0v) is 19.7. The molecule has 4 heterocycles. The summed E-state index contributed by atoms with van der Waals surface area (Å²) in [5, 5.41) is 2.34. The first-order valence-corrected chi connectivity index (χ1v) is 12.2. The number of pyridine rings is 1. The fourth-order valence-electron chi connectivity index (χ4n) is 5.36. The highest BCUT2D eigenvalue weighted by Gasteiger charge is 2.40. The summed E-state index contributed by atoms with van der Waals surface area (Å²) >= 11 is 0. The SMILES string of the molecule is O=C1CCC(N2Cc3cc(OC4CN(C(c5ccccc5)c5cccnc5)C4)ccc3C2=O)C(=O)N1. The van der Waals surface area contributed by atoms with Crippen molar-refractivity contribution >= 4 is 17.7 Å². The summed E-state index contributed by atoms with van der Waals surface area (Å²) in [5.41, 5.74) is 3.79. The average molecular weight is 483 g/mol. The molecular weight excluding hydrogens is 456 g/mol. The van der Waals surface area contributed by atoms with Gasteiger partial charge in [-0.1, -0.05) is 36.4 Å². The van der Waals surface area contributed by atoms with Crippen molar-refractivity contribution < 1.29 is 19.1 Å². The van der Waals surface area contributed by atoms with Gasteiger partial charge in [-0.05, 0) is 47.4 Å². The molecule has 2 saturated heterocycles. The summed E-state index contributed by atoms with van der Waals surface area (Å²) in [7, 11) is 0. The second kappa shape index (κ2) is 9.20. The third-order valence-electron chi connectivity index (χ3n) is 7.15. The standard InChI is InChI=1S/C28H26N4O4/c33-25-11-10-24(27(34)30-25)32-15-20-13-21(8-9-23(20)28(32)35)36-22-16-31(17-22)26(18-5-2-1-3-6-18)19-7-4-12-29-14-19/h1-9,12-14,22,24,26H,10-11,15-17H2,(H,30,33,34). The molecule has 182 valence electrons. The number of aromatic nitrogens is 1. The van der Waals surface area contributed by atoms with Crippen molar-refractivity contribution in [3.8, 4) is 5.75 Å². The minimum atomic E-state index is -0.616. The van der Waals surface area contributed by atoms with Crippen LogP contribution in [0.5, 0.6) is 5.75 Å². The lowest BCUT2D eigenvalue weighted by molar-refractivity contribution is -0.136. The zero-order valence-electron chi connectivity index (χ0n) is 19.7. The van der Waals surface area contributed by atoms with E-state index in [-0.39, 0.29) is 30.4 Å². The molecule has 3 amide bonds. The van der Waals surface area contributed by atoms with Crippen LogP contribution in [0.3, 0.4) is 0 Å². The summed E-state index contributed by atoms with van der Waals surface area (Å²) in [5.74, 6) is -0.152. The number of nitrogens with zero attached hydrogens (tertiary/aromatic N) is 3. The van der Waals surface area contributed by atoms with Crippen molar-refractivity contribution in [1.82, 2.24) is 20.1 Å². The number of carbonyl (C=O) groups excluding carboxylic acids is 3. The van der Waals surface area contributed by atoms with Crippen LogP contribution in [-0.2, 0) is 16.1 Å². The first-order chi connectivity index (χ1) is 17.6. The molecule has 2 atom stereocenters. The van der Waals surface area contributed by atoms with Crippen LogP contribution in [0.15, 0.2) is 73.1 Å². The van der Waals surface area contributed by atoms with Gasteiger partial charge in [-0.2, -0.15) is 0 Å². The molecule has 0 spiro atoms. The van der Waals surface area contributed by atoms with Crippen molar-refractivity contribution in [1.29, 1.82) is 0 Å². The van der Waals surface area contributed by atoms with Crippen LogP contribution in [-0.4, -0.2) is 57.7 Å². The van der Waals surface area contributed by atoms with Crippen molar-refractivity contribution in [3.63, 3.8) is 0 Å². The number of piperidine rings is 1. The molecular formula is C28H26N4O4. The summed E-state index contributed by atoms with van der Waals surface area (Å²) in [6.45, 7) is 1.88. The van der Waals surface area contributed by atoms with Crippen LogP contribution in [0.1, 0.15) is 45.9 Å². The number of benzene rings is 2. The maximum absolute atomic E-state index is 12.9. The smallest absolute Gasteiger partial charge is 0.255 e. The molecule has 3 aliphatic rings. The van der Waals surface area contributed by atoms with E-state index in [4.69, 9.17) is 4.74 Å². The maximum Gasteiger partial charge on any atom is 0.255 e. The number of rotatable bonds is 6. The summed E-state index contributed by atoms with van der Waals surface area (Å²) in [4.78, 5) is 44.9. The monoisotopic (exact) mass is 482 g/mol. The van der Waals surface area contributed by atoms with Crippen LogP contribution in [0.25, 0.3) is 0 Å². The normalized spacial score (nSPS) is 21.1. The van der Waals surface area contributed by atoms with Gasteiger partial charge in [0.05, 0.1) is 6.04 Å². The fraction of sp³-hybridized carbons (Fsp3) is 0.286. The number of nitrogens with one attached hydrogen (secondary N) is 1. The van der Waals surface area contributed by atoms with E-state index in [1.54, 1.807) is 17.2 Å². The number of ether oxygens (including phenoxy) is 1. The van der Waals surface area contributed by atoms with Crippen LogP contribution in [0.4, 0.5) is 0 Å². The highest BCUT2D eigenvalue weighted by atomic mass is 16.5. The molecule has 3 aliphatic heterocycles. The molecule has 1 N–H and O–H groups in total. The summed E-state index contributed by atoms with van der Waals surface area (Å²) in [6.07, 6.45) is 4.33. The van der Waals surface area contributed by atoms with Gasteiger partial charge in [0.1, 0.15) is 17.9 Å². The first kappa shape index (κ1) is 22.4. The number of likely N-dealkylation sites (tertiary alicyclic amines) is 1. The van der Waals surface area contributed by atoms with E-state index in [0.717, 1.165) is 24.2 Å². The van der Waals surface area contributed by atoms with Gasteiger partial charge in [0.15, 0.2) is 0 Å². The van der Waals surface area contributed by atoms with E-state index in [2.05, 4.69) is 45.5 Å². The van der Waals surface area contributed by atoms with Gasteiger partial charge in [-0.3, -0.25) is 29.6 Å². The molecule has 2 fully saturated rings. The molecule has 2 unspecified atom stereocenters. The number of amides is 3. The third kappa shape index (κ3) is 4.13. The van der Waals surface area contributed by atoms with Crippen LogP contribution < -0.4 is 10.1 Å². The maximum atomic E-state index is 12.9. The molecule has 0 saturated carbocycles. The van der Waals surface area contributed by atoms with Crippen molar-refractivity contribution in [3.05, 3.63) is 95.3 Å². The molecule has 3 aromatic rings. The van der Waals surface area contributed by atoms with Crippen LogP contribution in [0.2, 0.25) is 0 Å². The summed E-state index contributed by atoms with van der Waals surface area (Å²) in [6, 6.07) is 19.5. The lowest BCUT2D eigenvalue weighted by atomic mass is 9.95. The molecule has 8 heteroatoms.